The molecule has 3 rings (SSSR count). The molecule has 1 aliphatic heterocycles. The third-order valence-electron chi connectivity index (χ3n) is 3.64. The molecule has 0 bridgehead atoms. The molecule has 2 aromatic rings. The molecule has 1 aliphatic rings. The van der Waals surface area contributed by atoms with Crippen molar-refractivity contribution in [1.29, 1.82) is 0 Å². The zero-order valence-corrected chi connectivity index (χ0v) is 11.0. The van der Waals surface area contributed by atoms with Crippen LogP contribution in [0.15, 0.2) is 40.9 Å². The van der Waals surface area contributed by atoms with Gasteiger partial charge in [-0.25, -0.2) is 0 Å². The molecule has 20 heavy (non-hydrogen) atoms. The maximum Gasteiger partial charge on any atom is 0.320 e. The van der Waals surface area contributed by atoms with Crippen molar-refractivity contribution in [1.82, 2.24) is 10.1 Å². The van der Waals surface area contributed by atoms with Gasteiger partial charge in [-0.1, -0.05) is 35.5 Å². The molecule has 0 amide bonds. The highest BCUT2D eigenvalue weighted by atomic mass is 16.5. The molecule has 0 unspecified atom stereocenters. The van der Waals surface area contributed by atoms with Crippen LogP contribution in [-0.2, 0) is 11.3 Å². The lowest BCUT2D eigenvalue weighted by Gasteiger charge is -2.18. The van der Waals surface area contributed by atoms with E-state index < -0.39 is 12.0 Å². The Bertz CT molecular complexity index is 594. The number of nitrogens with zero attached hydrogens (tertiary/aromatic N) is 2. The van der Waals surface area contributed by atoms with Crippen molar-refractivity contribution in [2.24, 2.45) is 0 Å². The maximum absolute atomic E-state index is 11.1. The van der Waals surface area contributed by atoms with E-state index in [0.717, 1.165) is 24.2 Å². The van der Waals surface area contributed by atoms with Crippen molar-refractivity contribution in [2.75, 3.05) is 6.54 Å². The largest absolute Gasteiger partial charge is 0.480 e. The Morgan fingerprint density at radius 3 is 2.95 bits per heavy atom. The minimum absolute atomic E-state index is 0.403. The number of benzene rings is 1. The fourth-order valence-electron chi connectivity index (χ4n) is 2.63. The first-order valence-electron chi connectivity index (χ1n) is 6.72. The molecule has 5 heteroatoms. The average molecular weight is 272 g/mol. The van der Waals surface area contributed by atoms with Crippen LogP contribution in [0.4, 0.5) is 0 Å². The summed E-state index contributed by atoms with van der Waals surface area (Å²) in [5.74, 6) is -0.0534. The van der Waals surface area contributed by atoms with Crippen molar-refractivity contribution < 1.29 is 14.4 Å². The third-order valence-corrected chi connectivity index (χ3v) is 3.64. The van der Waals surface area contributed by atoms with Crippen LogP contribution in [0.25, 0.3) is 11.3 Å². The molecule has 5 nitrogen and oxygen atoms in total. The van der Waals surface area contributed by atoms with Gasteiger partial charge in [0.15, 0.2) is 5.76 Å². The molecule has 0 saturated carbocycles. The second kappa shape index (κ2) is 5.46. The van der Waals surface area contributed by atoms with Gasteiger partial charge in [0.05, 0.1) is 6.54 Å². The van der Waals surface area contributed by atoms with Crippen LogP contribution in [0.2, 0.25) is 0 Å². The fraction of sp³-hybridized carbons (Fsp3) is 0.333. The highest BCUT2D eigenvalue weighted by Crippen LogP contribution is 2.23. The first-order chi connectivity index (χ1) is 9.74. The standard InChI is InChI=1S/C15H16N2O3/c18-15(19)14-7-4-8-17(14)10-12-9-13(16-20-12)11-5-2-1-3-6-11/h1-3,5-6,9,14H,4,7-8,10H2,(H,18,19)/t14-/m1/s1. The number of hydrogen-bond acceptors (Lipinski definition) is 4. The van der Waals surface area contributed by atoms with Gasteiger partial charge >= 0.3 is 5.97 Å². The molecule has 1 fully saturated rings. The molecule has 1 saturated heterocycles. The molecule has 0 radical (unpaired) electrons. The Morgan fingerprint density at radius 1 is 1.40 bits per heavy atom. The van der Waals surface area contributed by atoms with Crippen molar-refractivity contribution in [3.8, 4) is 11.3 Å². The first kappa shape index (κ1) is 12.9. The number of carboxylic acid groups (broad SMARTS) is 1. The van der Waals surface area contributed by atoms with Crippen molar-refractivity contribution >= 4 is 5.97 Å². The second-order valence-corrected chi connectivity index (χ2v) is 5.01. The molecule has 0 spiro atoms. The molecule has 1 aromatic carbocycles. The van der Waals surface area contributed by atoms with E-state index in [4.69, 9.17) is 9.63 Å². The molecule has 2 heterocycles. The average Bonchev–Trinajstić information content (AvgIpc) is 3.09. The van der Waals surface area contributed by atoms with Gasteiger partial charge in [-0.2, -0.15) is 0 Å². The van der Waals surface area contributed by atoms with Gasteiger partial charge in [0.2, 0.25) is 0 Å². The second-order valence-electron chi connectivity index (χ2n) is 5.01. The van der Waals surface area contributed by atoms with Crippen LogP contribution < -0.4 is 0 Å². The van der Waals surface area contributed by atoms with Crippen LogP contribution in [0.1, 0.15) is 18.6 Å². The van der Waals surface area contributed by atoms with Gasteiger partial charge in [0.25, 0.3) is 0 Å². The van der Waals surface area contributed by atoms with Crippen molar-refractivity contribution in [2.45, 2.75) is 25.4 Å². The highest BCUT2D eigenvalue weighted by Gasteiger charge is 2.31. The number of rotatable bonds is 4. The molecule has 104 valence electrons. The lowest BCUT2D eigenvalue weighted by molar-refractivity contribution is -0.142. The Balaban J connectivity index is 1.73. The molecular weight excluding hydrogens is 256 g/mol. The van der Waals surface area contributed by atoms with E-state index in [-0.39, 0.29) is 0 Å². The summed E-state index contributed by atoms with van der Waals surface area (Å²) >= 11 is 0. The summed E-state index contributed by atoms with van der Waals surface area (Å²) in [5.41, 5.74) is 1.78. The number of hydrogen-bond donors (Lipinski definition) is 1. The normalized spacial score (nSPS) is 19.3. The predicted molar refractivity (Wildman–Crippen MR) is 73.0 cm³/mol. The third kappa shape index (κ3) is 2.58. The predicted octanol–water partition coefficient (Wildman–Crippen LogP) is 2.39. The zero-order valence-electron chi connectivity index (χ0n) is 11.0. The minimum Gasteiger partial charge on any atom is -0.480 e. The number of aliphatic carboxylic acids is 1. The number of carbonyl (C=O) groups is 1. The van der Waals surface area contributed by atoms with Gasteiger partial charge < -0.3 is 9.63 Å². The Hall–Kier alpha value is -2.14. The van der Waals surface area contributed by atoms with Gasteiger partial charge in [-0.05, 0) is 19.4 Å². The van der Waals surface area contributed by atoms with Crippen LogP contribution >= 0.6 is 0 Å². The first-order valence-corrected chi connectivity index (χ1v) is 6.72. The highest BCUT2D eigenvalue weighted by molar-refractivity contribution is 5.73. The summed E-state index contributed by atoms with van der Waals surface area (Å²) in [7, 11) is 0. The summed E-state index contributed by atoms with van der Waals surface area (Å²) in [6, 6.07) is 11.3. The van der Waals surface area contributed by atoms with Gasteiger partial charge in [0.1, 0.15) is 11.7 Å². The van der Waals surface area contributed by atoms with Crippen LogP contribution in [0.3, 0.4) is 0 Å². The smallest absolute Gasteiger partial charge is 0.320 e. The summed E-state index contributed by atoms with van der Waals surface area (Å²) < 4.78 is 5.32. The van der Waals surface area contributed by atoms with E-state index in [1.54, 1.807) is 0 Å². The Labute approximate surface area is 116 Å². The van der Waals surface area contributed by atoms with Gasteiger partial charge in [-0.15, -0.1) is 0 Å². The van der Waals surface area contributed by atoms with E-state index in [1.165, 1.54) is 0 Å². The summed E-state index contributed by atoms with van der Waals surface area (Å²) in [6.45, 7) is 1.29. The van der Waals surface area contributed by atoms with E-state index in [1.807, 2.05) is 41.3 Å². The minimum atomic E-state index is -0.759. The fourth-order valence-corrected chi connectivity index (χ4v) is 2.63. The van der Waals surface area contributed by atoms with Crippen molar-refractivity contribution in [3.63, 3.8) is 0 Å². The number of carboxylic acids is 1. The van der Waals surface area contributed by atoms with E-state index >= 15 is 0 Å². The lowest BCUT2D eigenvalue weighted by atomic mass is 10.1. The van der Waals surface area contributed by atoms with E-state index in [0.29, 0.717) is 18.7 Å². The van der Waals surface area contributed by atoms with Crippen LogP contribution in [-0.4, -0.2) is 33.7 Å². The summed E-state index contributed by atoms with van der Waals surface area (Å²) in [4.78, 5) is 13.1. The SMILES string of the molecule is O=C(O)[C@H]1CCCN1Cc1cc(-c2ccccc2)no1. The Morgan fingerprint density at radius 2 is 2.20 bits per heavy atom. The molecule has 1 atom stereocenters. The van der Waals surface area contributed by atoms with Gasteiger partial charge in [-0.3, -0.25) is 9.69 Å². The zero-order chi connectivity index (χ0) is 13.9. The molecule has 0 aliphatic carbocycles. The number of likely N-dealkylation sites (tertiary alicyclic amines) is 1. The molecule has 1 aromatic heterocycles. The maximum atomic E-state index is 11.1. The van der Waals surface area contributed by atoms with Crippen LogP contribution in [0.5, 0.6) is 0 Å². The quantitative estimate of drug-likeness (QED) is 0.925. The Kier molecular flexibility index (Phi) is 3.52. The molecule has 1 N–H and O–H groups in total. The topological polar surface area (TPSA) is 66.6 Å². The van der Waals surface area contributed by atoms with Crippen molar-refractivity contribution in [3.05, 3.63) is 42.2 Å². The van der Waals surface area contributed by atoms with Gasteiger partial charge in [0, 0.05) is 11.6 Å². The molecular formula is C15H16N2O3. The monoisotopic (exact) mass is 272 g/mol. The summed E-state index contributed by atoms with van der Waals surface area (Å²) in [6.07, 6.45) is 1.62. The van der Waals surface area contributed by atoms with E-state index in [2.05, 4.69) is 5.16 Å². The lowest BCUT2D eigenvalue weighted by Crippen LogP contribution is -2.35. The summed E-state index contributed by atoms with van der Waals surface area (Å²) in [5, 5.41) is 13.2. The number of aromatic nitrogens is 1. The van der Waals surface area contributed by atoms with Crippen LogP contribution in [0, 0.1) is 0 Å². The van der Waals surface area contributed by atoms with E-state index in [9.17, 15) is 4.79 Å².